The topological polar surface area (TPSA) is 70.2 Å². The predicted molar refractivity (Wildman–Crippen MR) is 108 cm³/mol. The Kier molecular flexibility index (Phi) is 6.24. The Balaban J connectivity index is 1.62. The van der Waals surface area contributed by atoms with Crippen molar-refractivity contribution in [1.82, 2.24) is 10.6 Å². The van der Waals surface area contributed by atoms with E-state index in [9.17, 15) is 9.59 Å². The third kappa shape index (κ3) is 5.17. The van der Waals surface area contributed by atoms with Crippen LogP contribution >= 0.6 is 0 Å². The van der Waals surface area contributed by atoms with E-state index >= 15 is 0 Å². The van der Waals surface area contributed by atoms with E-state index in [1.54, 1.807) is 12.1 Å². The summed E-state index contributed by atoms with van der Waals surface area (Å²) >= 11 is 0. The molecule has 2 aromatic rings. The number of piperidine rings is 1. The average Bonchev–Trinajstić information content (AvgIpc) is 2.68. The van der Waals surface area contributed by atoms with Crippen LogP contribution in [-0.2, 0) is 4.79 Å². The summed E-state index contributed by atoms with van der Waals surface area (Å²) in [6.45, 7) is 4.97. The highest BCUT2D eigenvalue weighted by molar-refractivity contribution is 6.04. The summed E-state index contributed by atoms with van der Waals surface area (Å²) in [4.78, 5) is 24.9. The van der Waals surface area contributed by atoms with Gasteiger partial charge in [0, 0.05) is 23.2 Å². The van der Waals surface area contributed by atoms with Crippen LogP contribution < -0.4 is 16.0 Å². The van der Waals surface area contributed by atoms with Crippen molar-refractivity contribution < 1.29 is 9.59 Å². The van der Waals surface area contributed by atoms with Gasteiger partial charge in [-0.25, -0.2) is 0 Å². The molecule has 0 spiro atoms. The number of hydrogen-bond donors (Lipinski definition) is 3. The third-order valence-electron chi connectivity index (χ3n) is 5.03. The Labute approximate surface area is 160 Å². The molecule has 3 N–H and O–H groups in total. The first-order valence-electron chi connectivity index (χ1n) is 9.53. The summed E-state index contributed by atoms with van der Waals surface area (Å²) in [6, 6.07) is 17.0. The van der Waals surface area contributed by atoms with Gasteiger partial charge in [-0.2, -0.15) is 0 Å². The Hall–Kier alpha value is -2.66. The summed E-state index contributed by atoms with van der Waals surface area (Å²) < 4.78 is 0. The molecule has 1 heterocycles. The second kappa shape index (κ2) is 8.82. The molecular formula is C22H27N3O2. The van der Waals surface area contributed by atoms with Crippen molar-refractivity contribution in [3.63, 3.8) is 0 Å². The second-order valence-corrected chi connectivity index (χ2v) is 7.25. The minimum atomic E-state index is -0.145. The summed E-state index contributed by atoms with van der Waals surface area (Å²) in [5.41, 5.74) is 2.30. The van der Waals surface area contributed by atoms with Gasteiger partial charge >= 0.3 is 0 Å². The van der Waals surface area contributed by atoms with Crippen molar-refractivity contribution in [2.24, 2.45) is 5.92 Å². The molecule has 0 bridgehead atoms. The number of amides is 2. The summed E-state index contributed by atoms with van der Waals surface area (Å²) in [7, 11) is 0. The molecule has 0 aliphatic carbocycles. The lowest BCUT2D eigenvalue weighted by Crippen LogP contribution is -2.42. The van der Waals surface area contributed by atoms with Crippen LogP contribution in [0, 0.1) is 5.92 Å². The quantitative estimate of drug-likeness (QED) is 0.759. The highest BCUT2D eigenvalue weighted by Crippen LogP contribution is 2.21. The predicted octanol–water partition coefficient (Wildman–Crippen LogP) is 3.50. The van der Waals surface area contributed by atoms with E-state index in [2.05, 4.69) is 22.9 Å². The minimum absolute atomic E-state index is 0.0599. The van der Waals surface area contributed by atoms with Crippen LogP contribution in [0.1, 0.15) is 48.7 Å². The molecule has 0 aromatic heterocycles. The first-order chi connectivity index (χ1) is 13.0. The molecule has 0 radical (unpaired) electrons. The van der Waals surface area contributed by atoms with Crippen LogP contribution in [0.15, 0.2) is 54.6 Å². The molecule has 5 nitrogen and oxygen atoms in total. The maximum atomic E-state index is 12.6. The van der Waals surface area contributed by atoms with Gasteiger partial charge in [-0.1, -0.05) is 30.3 Å². The van der Waals surface area contributed by atoms with Gasteiger partial charge in [-0.3, -0.25) is 9.59 Å². The molecule has 1 fully saturated rings. The average molecular weight is 365 g/mol. The van der Waals surface area contributed by atoms with Crippen molar-refractivity contribution >= 4 is 17.5 Å². The van der Waals surface area contributed by atoms with Crippen molar-refractivity contribution in [3.8, 4) is 0 Å². The van der Waals surface area contributed by atoms with E-state index in [1.165, 1.54) is 0 Å². The number of carbonyl (C=O) groups excluding carboxylic acids is 2. The number of nitrogens with one attached hydrogen (secondary N) is 3. The zero-order valence-corrected chi connectivity index (χ0v) is 15.9. The minimum Gasteiger partial charge on any atom is -0.349 e. The smallest absolute Gasteiger partial charge is 0.255 e. The lowest BCUT2D eigenvalue weighted by molar-refractivity contribution is -0.126. The van der Waals surface area contributed by atoms with E-state index in [-0.39, 0.29) is 23.8 Å². The summed E-state index contributed by atoms with van der Waals surface area (Å²) in [5.74, 6) is 0.0207. The molecule has 3 rings (SSSR count). The first-order valence-corrected chi connectivity index (χ1v) is 9.53. The van der Waals surface area contributed by atoms with Crippen molar-refractivity contribution in [3.05, 3.63) is 65.7 Å². The molecule has 27 heavy (non-hydrogen) atoms. The number of rotatable bonds is 5. The van der Waals surface area contributed by atoms with Gasteiger partial charge in [-0.15, -0.1) is 0 Å². The molecular weight excluding hydrogens is 338 g/mol. The highest BCUT2D eigenvalue weighted by atomic mass is 16.2. The highest BCUT2D eigenvalue weighted by Gasteiger charge is 2.25. The molecule has 1 saturated heterocycles. The van der Waals surface area contributed by atoms with Gasteiger partial charge in [-0.05, 0) is 63.1 Å². The van der Waals surface area contributed by atoms with Gasteiger partial charge in [0.2, 0.25) is 5.91 Å². The van der Waals surface area contributed by atoms with Crippen LogP contribution in [0.5, 0.6) is 0 Å². The van der Waals surface area contributed by atoms with Gasteiger partial charge in [0.15, 0.2) is 0 Å². The normalized spacial score (nSPS) is 20.5. The van der Waals surface area contributed by atoms with Crippen molar-refractivity contribution in [2.45, 2.75) is 38.8 Å². The van der Waals surface area contributed by atoms with Gasteiger partial charge in [0.1, 0.15) is 0 Å². The number of benzene rings is 2. The van der Waals surface area contributed by atoms with Gasteiger partial charge in [0.25, 0.3) is 5.91 Å². The van der Waals surface area contributed by atoms with Crippen LogP contribution in [0.3, 0.4) is 0 Å². The molecule has 3 atom stereocenters. The van der Waals surface area contributed by atoms with E-state index in [0.717, 1.165) is 30.6 Å². The Morgan fingerprint density at radius 1 is 1.11 bits per heavy atom. The van der Waals surface area contributed by atoms with E-state index < -0.39 is 0 Å². The Bertz CT molecular complexity index is 791. The standard InChI is InChI=1S/C22H27N3O2/c1-15-13-19(11-12-23-15)22(27)24-16(2)18-9-6-10-20(14-18)25-21(26)17-7-4-3-5-8-17/h3-10,14-16,19,23H,11-13H2,1-2H3,(H,24,27)(H,25,26)/t15-,16?,19-/m0/s1. The lowest BCUT2D eigenvalue weighted by Gasteiger charge is -2.28. The molecule has 0 saturated carbocycles. The molecule has 2 amide bonds. The fourth-order valence-electron chi connectivity index (χ4n) is 3.46. The van der Waals surface area contributed by atoms with Gasteiger partial charge < -0.3 is 16.0 Å². The first kappa shape index (κ1) is 19.1. The van der Waals surface area contributed by atoms with Gasteiger partial charge in [0.05, 0.1) is 6.04 Å². The van der Waals surface area contributed by atoms with Crippen LogP contribution in [-0.4, -0.2) is 24.4 Å². The van der Waals surface area contributed by atoms with E-state index in [4.69, 9.17) is 0 Å². The molecule has 1 aliphatic heterocycles. The van der Waals surface area contributed by atoms with Crippen LogP contribution in [0.2, 0.25) is 0 Å². The maximum Gasteiger partial charge on any atom is 0.255 e. The monoisotopic (exact) mass is 365 g/mol. The zero-order chi connectivity index (χ0) is 19.2. The fourth-order valence-corrected chi connectivity index (χ4v) is 3.46. The number of anilines is 1. The zero-order valence-electron chi connectivity index (χ0n) is 15.9. The van der Waals surface area contributed by atoms with Crippen LogP contribution in [0.4, 0.5) is 5.69 Å². The van der Waals surface area contributed by atoms with Crippen molar-refractivity contribution in [2.75, 3.05) is 11.9 Å². The lowest BCUT2D eigenvalue weighted by atomic mass is 9.92. The van der Waals surface area contributed by atoms with E-state index in [1.807, 2.05) is 49.4 Å². The molecule has 142 valence electrons. The third-order valence-corrected chi connectivity index (χ3v) is 5.03. The number of carbonyl (C=O) groups is 2. The van der Waals surface area contributed by atoms with E-state index in [0.29, 0.717) is 11.6 Å². The molecule has 5 heteroatoms. The van der Waals surface area contributed by atoms with Crippen LogP contribution in [0.25, 0.3) is 0 Å². The Morgan fingerprint density at radius 2 is 1.89 bits per heavy atom. The molecule has 2 aromatic carbocycles. The SMILES string of the molecule is CC(NC(=O)[C@H]1CCN[C@@H](C)C1)c1cccc(NC(=O)c2ccccc2)c1. The Morgan fingerprint density at radius 3 is 2.63 bits per heavy atom. The molecule has 1 aliphatic rings. The largest absolute Gasteiger partial charge is 0.349 e. The van der Waals surface area contributed by atoms with Crippen molar-refractivity contribution in [1.29, 1.82) is 0 Å². The fraction of sp³-hybridized carbons (Fsp3) is 0.364. The second-order valence-electron chi connectivity index (χ2n) is 7.25. The summed E-state index contributed by atoms with van der Waals surface area (Å²) in [6.07, 6.45) is 1.74. The molecule has 1 unspecified atom stereocenters. The number of hydrogen-bond acceptors (Lipinski definition) is 3. The summed E-state index contributed by atoms with van der Waals surface area (Å²) in [5, 5.41) is 9.41. The maximum absolute atomic E-state index is 12.6.